The molecule has 24 heavy (non-hydrogen) atoms. The van der Waals surface area contributed by atoms with Gasteiger partial charge >= 0.3 is 0 Å². The summed E-state index contributed by atoms with van der Waals surface area (Å²) in [5.41, 5.74) is 4.35. The minimum Gasteiger partial charge on any atom is -0.358 e. The summed E-state index contributed by atoms with van der Waals surface area (Å²) in [7, 11) is 1.64. The lowest BCUT2D eigenvalue weighted by Crippen LogP contribution is -2.20. The van der Waals surface area contributed by atoms with Crippen LogP contribution >= 0.6 is 11.8 Å². The molecule has 0 radical (unpaired) electrons. The van der Waals surface area contributed by atoms with Crippen molar-refractivity contribution < 1.29 is 4.79 Å². The number of para-hydroxylation sites is 1. The first kappa shape index (κ1) is 16.3. The molecule has 0 saturated carbocycles. The second kappa shape index (κ2) is 7.36. The summed E-state index contributed by atoms with van der Waals surface area (Å²) in [6, 6.07) is 18.4. The molecule has 4 nitrogen and oxygen atoms in total. The molecule has 0 unspecified atom stereocenters. The monoisotopic (exact) mass is 337 g/mol. The van der Waals surface area contributed by atoms with Crippen LogP contribution in [0.4, 0.5) is 0 Å². The quantitative estimate of drug-likeness (QED) is 0.722. The molecule has 0 atom stereocenters. The highest BCUT2D eigenvalue weighted by Crippen LogP contribution is 2.30. The SMILES string of the molecule is CNC(=O)CSc1ncc(-c2ccccc2)n1-c1ccccc1C. The molecule has 1 aromatic heterocycles. The molecule has 1 N–H and O–H groups in total. The fourth-order valence-corrected chi connectivity index (χ4v) is 3.36. The number of amides is 1. The molecule has 122 valence electrons. The molecule has 3 rings (SSSR count). The molecule has 0 aliphatic carbocycles. The summed E-state index contributed by atoms with van der Waals surface area (Å²) in [6.45, 7) is 2.08. The van der Waals surface area contributed by atoms with E-state index >= 15 is 0 Å². The summed E-state index contributed by atoms with van der Waals surface area (Å²) in [6.07, 6.45) is 1.87. The Morgan fingerprint density at radius 3 is 2.54 bits per heavy atom. The first-order valence-electron chi connectivity index (χ1n) is 7.73. The van der Waals surface area contributed by atoms with Crippen LogP contribution in [0.15, 0.2) is 66.0 Å². The minimum atomic E-state index is -0.0133. The second-order valence-electron chi connectivity index (χ2n) is 5.38. The van der Waals surface area contributed by atoms with Crippen LogP contribution in [0, 0.1) is 6.92 Å². The van der Waals surface area contributed by atoms with Crippen molar-refractivity contribution in [1.29, 1.82) is 0 Å². The summed E-state index contributed by atoms with van der Waals surface area (Å²) in [5.74, 6) is 0.328. The maximum Gasteiger partial charge on any atom is 0.230 e. The zero-order valence-corrected chi connectivity index (χ0v) is 14.5. The summed E-state index contributed by atoms with van der Waals surface area (Å²) in [5, 5.41) is 3.46. The lowest BCUT2D eigenvalue weighted by molar-refractivity contribution is -0.118. The maximum absolute atomic E-state index is 11.6. The van der Waals surface area contributed by atoms with Crippen LogP contribution < -0.4 is 5.32 Å². The first-order chi connectivity index (χ1) is 11.7. The number of hydrogen-bond acceptors (Lipinski definition) is 3. The Kier molecular flexibility index (Phi) is 5.01. The van der Waals surface area contributed by atoms with Crippen LogP contribution in [-0.4, -0.2) is 28.3 Å². The topological polar surface area (TPSA) is 46.9 Å². The molecule has 0 bridgehead atoms. The van der Waals surface area contributed by atoms with Gasteiger partial charge in [0.05, 0.1) is 23.3 Å². The van der Waals surface area contributed by atoms with Crippen LogP contribution in [0.25, 0.3) is 16.9 Å². The number of imidazole rings is 1. The van der Waals surface area contributed by atoms with Crippen molar-refractivity contribution in [3.8, 4) is 16.9 Å². The van der Waals surface area contributed by atoms with E-state index < -0.39 is 0 Å². The molecule has 0 aliphatic rings. The van der Waals surface area contributed by atoms with Gasteiger partial charge in [0.25, 0.3) is 0 Å². The van der Waals surface area contributed by atoms with Gasteiger partial charge in [-0.05, 0) is 18.6 Å². The predicted molar refractivity (Wildman–Crippen MR) is 98.5 cm³/mol. The van der Waals surface area contributed by atoms with Gasteiger partial charge in [0.15, 0.2) is 5.16 Å². The highest BCUT2D eigenvalue weighted by molar-refractivity contribution is 7.99. The van der Waals surface area contributed by atoms with Crippen LogP contribution in [-0.2, 0) is 4.79 Å². The Hall–Kier alpha value is -2.53. The van der Waals surface area contributed by atoms with E-state index in [0.29, 0.717) is 5.75 Å². The lowest BCUT2D eigenvalue weighted by atomic mass is 10.1. The fraction of sp³-hybridized carbons (Fsp3) is 0.158. The number of rotatable bonds is 5. The molecule has 0 fully saturated rings. The summed E-state index contributed by atoms with van der Waals surface area (Å²) < 4.78 is 2.12. The fourth-order valence-electron chi connectivity index (χ4n) is 2.50. The van der Waals surface area contributed by atoms with Crippen LogP contribution in [0.1, 0.15) is 5.56 Å². The average molecular weight is 337 g/mol. The Bertz CT molecular complexity index is 843. The summed E-state index contributed by atoms with van der Waals surface area (Å²) >= 11 is 1.44. The molecule has 2 aromatic carbocycles. The lowest BCUT2D eigenvalue weighted by Gasteiger charge is -2.14. The maximum atomic E-state index is 11.6. The van der Waals surface area contributed by atoms with Gasteiger partial charge in [-0.3, -0.25) is 9.36 Å². The van der Waals surface area contributed by atoms with E-state index in [2.05, 4.69) is 46.1 Å². The Morgan fingerprint density at radius 1 is 1.12 bits per heavy atom. The van der Waals surface area contributed by atoms with Gasteiger partial charge < -0.3 is 5.32 Å². The van der Waals surface area contributed by atoms with Gasteiger partial charge in [-0.1, -0.05) is 60.3 Å². The molecule has 3 aromatic rings. The average Bonchev–Trinajstić information content (AvgIpc) is 3.04. The minimum absolute atomic E-state index is 0.0133. The number of benzene rings is 2. The van der Waals surface area contributed by atoms with Gasteiger partial charge in [-0.2, -0.15) is 0 Å². The van der Waals surface area contributed by atoms with E-state index in [4.69, 9.17) is 0 Å². The Balaban J connectivity index is 2.09. The van der Waals surface area contributed by atoms with Crippen molar-refractivity contribution in [2.45, 2.75) is 12.1 Å². The van der Waals surface area contributed by atoms with Gasteiger partial charge in [0.1, 0.15) is 0 Å². The van der Waals surface area contributed by atoms with Crippen molar-refractivity contribution in [2.75, 3.05) is 12.8 Å². The number of thioether (sulfide) groups is 1. The molecule has 1 heterocycles. The zero-order chi connectivity index (χ0) is 16.9. The number of nitrogens with zero attached hydrogens (tertiary/aromatic N) is 2. The highest BCUT2D eigenvalue weighted by Gasteiger charge is 2.16. The Morgan fingerprint density at radius 2 is 1.83 bits per heavy atom. The van der Waals surface area contributed by atoms with Crippen molar-refractivity contribution in [1.82, 2.24) is 14.9 Å². The molecular weight excluding hydrogens is 318 g/mol. The van der Waals surface area contributed by atoms with Crippen molar-refractivity contribution >= 4 is 17.7 Å². The number of aromatic nitrogens is 2. The van der Waals surface area contributed by atoms with E-state index in [-0.39, 0.29) is 5.91 Å². The predicted octanol–water partition coefficient (Wildman–Crippen LogP) is 3.69. The van der Waals surface area contributed by atoms with Gasteiger partial charge in [-0.25, -0.2) is 4.98 Å². The normalized spacial score (nSPS) is 10.6. The number of hydrogen-bond donors (Lipinski definition) is 1. The molecule has 1 amide bonds. The molecule has 0 saturated heterocycles. The van der Waals surface area contributed by atoms with Crippen LogP contribution in [0.3, 0.4) is 0 Å². The van der Waals surface area contributed by atoms with Crippen molar-refractivity contribution in [2.24, 2.45) is 0 Å². The van der Waals surface area contributed by atoms with Gasteiger partial charge in [0.2, 0.25) is 5.91 Å². The molecule has 0 aliphatic heterocycles. The number of carbonyl (C=O) groups is 1. The third-order valence-corrected chi connectivity index (χ3v) is 4.72. The van der Waals surface area contributed by atoms with E-state index in [9.17, 15) is 4.79 Å². The number of carbonyl (C=O) groups excluding carboxylic acids is 1. The second-order valence-corrected chi connectivity index (χ2v) is 6.32. The van der Waals surface area contributed by atoms with Gasteiger partial charge in [-0.15, -0.1) is 0 Å². The number of nitrogens with one attached hydrogen (secondary N) is 1. The summed E-state index contributed by atoms with van der Waals surface area (Å²) in [4.78, 5) is 16.2. The van der Waals surface area contributed by atoms with Crippen LogP contribution in [0.2, 0.25) is 0 Å². The standard InChI is InChI=1S/C19H19N3OS/c1-14-8-6-7-11-16(14)22-17(15-9-4-3-5-10-15)12-21-19(22)24-13-18(23)20-2/h3-12H,13H2,1-2H3,(H,20,23). The first-order valence-corrected chi connectivity index (χ1v) is 8.72. The zero-order valence-electron chi connectivity index (χ0n) is 13.7. The van der Waals surface area contributed by atoms with Crippen molar-refractivity contribution in [3.63, 3.8) is 0 Å². The smallest absolute Gasteiger partial charge is 0.230 e. The largest absolute Gasteiger partial charge is 0.358 e. The van der Waals surface area contributed by atoms with E-state index in [1.807, 2.05) is 36.5 Å². The van der Waals surface area contributed by atoms with E-state index in [0.717, 1.165) is 27.7 Å². The van der Waals surface area contributed by atoms with E-state index in [1.54, 1.807) is 7.05 Å². The third-order valence-electron chi connectivity index (χ3n) is 3.77. The molecule has 5 heteroatoms. The highest BCUT2D eigenvalue weighted by atomic mass is 32.2. The van der Waals surface area contributed by atoms with E-state index in [1.165, 1.54) is 11.8 Å². The Labute approximate surface area is 145 Å². The molecule has 0 spiro atoms. The third kappa shape index (κ3) is 3.36. The molecular formula is C19H19N3OS. The van der Waals surface area contributed by atoms with Crippen LogP contribution in [0.5, 0.6) is 0 Å². The van der Waals surface area contributed by atoms with Crippen molar-refractivity contribution in [3.05, 3.63) is 66.4 Å². The van der Waals surface area contributed by atoms with Gasteiger partial charge in [0, 0.05) is 12.6 Å². The number of aryl methyl sites for hydroxylation is 1.